The van der Waals surface area contributed by atoms with E-state index in [-0.39, 0.29) is 10.6 Å². The number of alkyl halides is 1. The van der Waals surface area contributed by atoms with Crippen molar-refractivity contribution in [3.63, 3.8) is 0 Å². The lowest BCUT2D eigenvalue weighted by molar-refractivity contribution is 0.387. The second-order valence-corrected chi connectivity index (χ2v) is 10.2. The topological polar surface area (TPSA) is 37.4 Å². The summed E-state index contributed by atoms with van der Waals surface area (Å²) in [7, 11) is -3.42. The molecule has 1 fully saturated rings. The lowest BCUT2D eigenvalue weighted by Crippen LogP contribution is -2.46. The molecule has 2 rings (SSSR count). The molecule has 0 saturated carbocycles. The van der Waals surface area contributed by atoms with Crippen LogP contribution in [0.3, 0.4) is 0 Å². The first-order chi connectivity index (χ1) is 8.78. The SMILES string of the molecule is Cc1csc(CCl)c1S(=O)(=O)N1CCSC(C)(C)C1. The highest BCUT2D eigenvalue weighted by Crippen LogP contribution is 2.36. The van der Waals surface area contributed by atoms with Gasteiger partial charge in [0.25, 0.3) is 0 Å². The molecule has 0 spiro atoms. The summed E-state index contributed by atoms with van der Waals surface area (Å²) in [5.74, 6) is 1.09. The van der Waals surface area contributed by atoms with Gasteiger partial charge in [0.05, 0.1) is 5.88 Å². The van der Waals surface area contributed by atoms with Crippen molar-refractivity contribution in [3.8, 4) is 0 Å². The number of sulfonamides is 1. The maximum Gasteiger partial charge on any atom is 0.244 e. The fourth-order valence-electron chi connectivity index (χ4n) is 2.23. The van der Waals surface area contributed by atoms with Gasteiger partial charge in [-0.2, -0.15) is 16.1 Å². The first kappa shape index (κ1) is 15.6. The molecule has 1 aromatic rings. The van der Waals surface area contributed by atoms with Crippen LogP contribution in [-0.4, -0.2) is 36.3 Å². The Kier molecular flexibility index (Phi) is 4.58. The van der Waals surface area contributed by atoms with E-state index in [1.165, 1.54) is 11.3 Å². The van der Waals surface area contributed by atoms with Crippen molar-refractivity contribution in [1.82, 2.24) is 4.31 Å². The van der Waals surface area contributed by atoms with E-state index >= 15 is 0 Å². The van der Waals surface area contributed by atoms with E-state index in [0.29, 0.717) is 18.0 Å². The van der Waals surface area contributed by atoms with E-state index in [2.05, 4.69) is 13.8 Å². The minimum atomic E-state index is -3.42. The van der Waals surface area contributed by atoms with Crippen LogP contribution < -0.4 is 0 Å². The van der Waals surface area contributed by atoms with Gasteiger partial charge in [0.2, 0.25) is 10.0 Å². The van der Waals surface area contributed by atoms with Crippen molar-refractivity contribution in [2.24, 2.45) is 0 Å². The number of thioether (sulfide) groups is 1. The van der Waals surface area contributed by atoms with Crippen molar-refractivity contribution in [2.45, 2.75) is 36.3 Å². The molecule has 1 saturated heterocycles. The summed E-state index contributed by atoms with van der Waals surface area (Å²) in [6, 6.07) is 0. The summed E-state index contributed by atoms with van der Waals surface area (Å²) in [5, 5.41) is 1.87. The third kappa shape index (κ3) is 3.13. The van der Waals surface area contributed by atoms with Gasteiger partial charge in [-0.05, 0) is 31.7 Å². The number of thiophene rings is 1. The van der Waals surface area contributed by atoms with Crippen molar-refractivity contribution >= 4 is 44.7 Å². The van der Waals surface area contributed by atoms with Crippen molar-refractivity contribution in [2.75, 3.05) is 18.8 Å². The average molecular weight is 340 g/mol. The van der Waals surface area contributed by atoms with Crippen molar-refractivity contribution < 1.29 is 8.42 Å². The Morgan fingerprint density at radius 3 is 2.74 bits per heavy atom. The molecule has 1 aromatic heterocycles. The Morgan fingerprint density at radius 2 is 2.16 bits per heavy atom. The number of aryl methyl sites for hydroxylation is 1. The lowest BCUT2D eigenvalue weighted by atomic mass is 10.2. The Bertz CT molecular complexity index is 566. The van der Waals surface area contributed by atoms with Crippen LogP contribution >= 0.6 is 34.7 Å². The molecular weight excluding hydrogens is 322 g/mol. The molecule has 0 aromatic carbocycles. The summed E-state index contributed by atoms with van der Waals surface area (Å²) in [6.07, 6.45) is 0. The number of hydrogen-bond donors (Lipinski definition) is 0. The fraction of sp³-hybridized carbons (Fsp3) is 0.667. The zero-order valence-corrected chi connectivity index (χ0v) is 14.5. The Balaban J connectivity index is 2.39. The van der Waals surface area contributed by atoms with E-state index in [0.717, 1.165) is 16.2 Å². The second-order valence-electron chi connectivity index (χ2n) is 5.25. The van der Waals surface area contributed by atoms with Gasteiger partial charge in [-0.1, -0.05) is 0 Å². The summed E-state index contributed by atoms with van der Waals surface area (Å²) < 4.78 is 27.2. The quantitative estimate of drug-likeness (QED) is 0.793. The standard InChI is InChI=1S/C12H18ClNO2S3/c1-9-7-17-10(6-13)11(9)19(15,16)14-4-5-18-12(2,3)8-14/h7H,4-6,8H2,1-3H3. The molecule has 19 heavy (non-hydrogen) atoms. The molecule has 0 bridgehead atoms. The molecule has 0 aliphatic carbocycles. The molecule has 0 radical (unpaired) electrons. The molecule has 0 amide bonds. The molecule has 108 valence electrons. The smallest absolute Gasteiger partial charge is 0.207 e. The van der Waals surface area contributed by atoms with E-state index in [1.807, 2.05) is 24.1 Å². The number of hydrogen-bond acceptors (Lipinski definition) is 4. The summed E-state index contributed by atoms with van der Waals surface area (Å²) in [4.78, 5) is 1.17. The predicted molar refractivity (Wildman–Crippen MR) is 83.9 cm³/mol. The van der Waals surface area contributed by atoms with Gasteiger partial charge in [0.1, 0.15) is 4.90 Å². The lowest BCUT2D eigenvalue weighted by Gasteiger charge is -2.36. The van der Waals surface area contributed by atoms with Crippen molar-refractivity contribution in [3.05, 3.63) is 15.8 Å². The summed E-state index contributed by atoms with van der Waals surface area (Å²) in [6.45, 7) is 7.14. The third-order valence-corrected chi connectivity index (χ3v) is 8.13. The minimum Gasteiger partial charge on any atom is -0.207 e. The zero-order chi connectivity index (χ0) is 14.3. The van der Waals surface area contributed by atoms with E-state index < -0.39 is 10.0 Å². The molecule has 0 unspecified atom stereocenters. The van der Waals surface area contributed by atoms with Crippen LogP contribution in [0.25, 0.3) is 0 Å². The maximum atomic E-state index is 12.8. The highest BCUT2D eigenvalue weighted by molar-refractivity contribution is 8.00. The first-order valence-electron chi connectivity index (χ1n) is 6.05. The van der Waals surface area contributed by atoms with Gasteiger partial charge in [0.15, 0.2) is 0 Å². The second kappa shape index (κ2) is 5.56. The van der Waals surface area contributed by atoms with Crippen LogP contribution in [0.1, 0.15) is 24.3 Å². The highest BCUT2D eigenvalue weighted by atomic mass is 35.5. The van der Waals surface area contributed by atoms with Crippen LogP contribution in [0.5, 0.6) is 0 Å². The van der Waals surface area contributed by atoms with Crippen LogP contribution in [0.2, 0.25) is 0 Å². The number of halogens is 1. The molecule has 3 nitrogen and oxygen atoms in total. The van der Waals surface area contributed by atoms with E-state index in [9.17, 15) is 8.42 Å². The van der Waals surface area contributed by atoms with Gasteiger partial charge in [-0.25, -0.2) is 8.42 Å². The summed E-state index contributed by atoms with van der Waals surface area (Å²) in [5.41, 5.74) is 0.802. The molecule has 0 atom stereocenters. The predicted octanol–water partition coefficient (Wildman–Crippen LogP) is 3.31. The van der Waals surface area contributed by atoms with Gasteiger partial charge in [-0.3, -0.25) is 0 Å². The molecular formula is C12H18ClNO2S3. The minimum absolute atomic E-state index is 0.0314. The maximum absolute atomic E-state index is 12.8. The zero-order valence-electron chi connectivity index (χ0n) is 11.3. The largest absolute Gasteiger partial charge is 0.244 e. The molecule has 7 heteroatoms. The molecule has 1 aliphatic rings. The Morgan fingerprint density at radius 1 is 1.47 bits per heavy atom. The Labute approximate surface area is 128 Å². The monoisotopic (exact) mass is 339 g/mol. The van der Waals surface area contributed by atoms with E-state index in [1.54, 1.807) is 4.31 Å². The van der Waals surface area contributed by atoms with Crippen LogP contribution in [-0.2, 0) is 15.9 Å². The van der Waals surface area contributed by atoms with Gasteiger partial charge >= 0.3 is 0 Å². The normalized spacial score (nSPS) is 20.6. The fourth-order valence-corrected chi connectivity index (χ4v) is 7.15. The highest BCUT2D eigenvalue weighted by Gasteiger charge is 2.36. The third-order valence-electron chi connectivity index (χ3n) is 3.10. The van der Waals surface area contributed by atoms with Crippen LogP contribution in [0.4, 0.5) is 0 Å². The Hall–Kier alpha value is 0.250. The summed E-state index contributed by atoms with van der Waals surface area (Å²) >= 11 is 9.12. The van der Waals surface area contributed by atoms with Gasteiger partial charge < -0.3 is 0 Å². The molecule has 2 heterocycles. The van der Waals surface area contributed by atoms with Gasteiger partial charge in [-0.15, -0.1) is 22.9 Å². The average Bonchev–Trinajstić information content (AvgIpc) is 2.69. The van der Waals surface area contributed by atoms with E-state index in [4.69, 9.17) is 11.6 Å². The number of nitrogens with zero attached hydrogens (tertiary/aromatic N) is 1. The van der Waals surface area contributed by atoms with Crippen LogP contribution in [0, 0.1) is 6.92 Å². The van der Waals surface area contributed by atoms with Crippen LogP contribution in [0.15, 0.2) is 10.3 Å². The molecule has 1 aliphatic heterocycles. The first-order valence-corrected chi connectivity index (χ1v) is 9.89. The molecule has 0 N–H and O–H groups in total. The van der Waals surface area contributed by atoms with Crippen molar-refractivity contribution in [1.29, 1.82) is 0 Å². The number of rotatable bonds is 3. The van der Waals surface area contributed by atoms with Gasteiger partial charge in [0, 0.05) is 28.5 Å².